The molecule has 1 nitrogen and oxygen atoms in total. The monoisotopic (exact) mass is 188 g/mol. The Morgan fingerprint density at radius 1 is 1.36 bits per heavy atom. The average Bonchev–Trinajstić information content (AvgIpc) is 2.49. The summed E-state index contributed by atoms with van der Waals surface area (Å²) in [5, 5.41) is 0. The molecule has 1 aliphatic rings. The van der Waals surface area contributed by atoms with Gasteiger partial charge in [-0.25, -0.2) is 0 Å². The van der Waals surface area contributed by atoms with Gasteiger partial charge >= 0.3 is 0 Å². The molecule has 0 radical (unpaired) electrons. The molecule has 1 heterocycles. The van der Waals surface area contributed by atoms with Gasteiger partial charge in [-0.1, -0.05) is 43.8 Å². The van der Waals surface area contributed by atoms with Gasteiger partial charge in [0, 0.05) is 5.92 Å². The lowest BCUT2D eigenvalue weighted by Crippen LogP contribution is -2.27. The van der Waals surface area contributed by atoms with Crippen LogP contribution < -0.4 is 0 Å². The van der Waals surface area contributed by atoms with Crippen molar-refractivity contribution in [1.82, 2.24) is 0 Å². The number of hydrogen-bond acceptors (Lipinski definition) is 1. The first-order valence-electron chi connectivity index (χ1n) is 5.02. The zero-order chi connectivity index (χ0) is 10.2. The fraction of sp³-hybridized carbons (Fsp3) is 0.385. The third-order valence-electron chi connectivity index (χ3n) is 3.34. The van der Waals surface area contributed by atoms with E-state index in [4.69, 9.17) is 4.74 Å². The van der Waals surface area contributed by atoms with Crippen molar-refractivity contribution in [3.63, 3.8) is 0 Å². The second kappa shape index (κ2) is 3.25. The van der Waals surface area contributed by atoms with Crippen LogP contribution in [0.25, 0.3) is 0 Å². The van der Waals surface area contributed by atoms with E-state index in [2.05, 4.69) is 44.7 Å². The maximum atomic E-state index is 5.85. The molecule has 0 aromatic heterocycles. The van der Waals surface area contributed by atoms with Crippen molar-refractivity contribution in [3.05, 3.63) is 48.0 Å². The van der Waals surface area contributed by atoms with Crippen LogP contribution in [0.15, 0.2) is 42.5 Å². The Kier molecular flexibility index (Phi) is 2.20. The summed E-state index contributed by atoms with van der Waals surface area (Å²) in [6.45, 7) is 9.05. The topological polar surface area (TPSA) is 9.23 Å². The zero-order valence-corrected chi connectivity index (χ0v) is 8.79. The molecule has 1 aliphatic heterocycles. The van der Waals surface area contributed by atoms with Gasteiger partial charge in [0.05, 0.1) is 12.2 Å². The van der Waals surface area contributed by atoms with Crippen LogP contribution >= 0.6 is 0 Å². The summed E-state index contributed by atoms with van der Waals surface area (Å²) in [5.41, 5.74) is 2.25. The third-order valence-corrected chi connectivity index (χ3v) is 3.34. The highest BCUT2D eigenvalue weighted by molar-refractivity contribution is 5.28. The lowest BCUT2D eigenvalue weighted by Gasteiger charge is -2.28. The molecule has 0 spiro atoms. The van der Waals surface area contributed by atoms with E-state index in [1.54, 1.807) is 0 Å². The first kappa shape index (κ1) is 9.47. The molecule has 2 rings (SSSR count). The SMILES string of the molecule is C=C1COC(C)(c2ccccc2)C1C. The molecule has 0 saturated carbocycles. The van der Waals surface area contributed by atoms with Gasteiger partial charge < -0.3 is 4.74 Å². The fourth-order valence-corrected chi connectivity index (χ4v) is 1.98. The number of benzene rings is 1. The Balaban J connectivity index is 2.39. The first-order valence-corrected chi connectivity index (χ1v) is 5.02. The molecule has 0 bridgehead atoms. The van der Waals surface area contributed by atoms with Crippen LogP contribution in [0, 0.1) is 5.92 Å². The van der Waals surface area contributed by atoms with Crippen LogP contribution in [-0.4, -0.2) is 6.61 Å². The van der Waals surface area contributed by atoms with Crippen LogP contribution in [0.2, 0.25) is 0 Å². The van der Waals surface area contributed by atoms with Gasteiger partial charge in [0.2, 0.25) is 0 Å². The maximum absolute atomic E-state index is 5.85. The number of ether oxygens (including phenoxy) is 1. The molecule has 2 unspecified atom stereocenters. The van der Waals surface area contributed by atoms with Gasteiger partial charge in [-0.05, 0) is 18.1 Å². The lowest BCUT2D eigenvalue weighted by molar-refractivity contribution is -0.00580. The molecule has 1 aromatic carbocycles. The van der Waals surface area contributed by atoms with Crippen molar-refractivity contribution < 1.29 is 4.74 Å². The molecule has 0 N–H and O–H groups in total. The fourth-order valence-electron chi connectivity index (χ4n) is 1.98. The van der Waals surface area contributed by atoms with E-state index in [0.29, 0.717) is 12.5 Å². The molecule has 0 amide bonds. The van der Waals surface area contributed by atoms with Gasteiger partial charge in [0.1, 0.15) is 0 Å². The molecule has 1 aromatic rings. The highest BCUT2D eigenvalue weighted by Crippen LogP contribution is 2.42. The van der Waals surface area contributed by atoms with E-state index >= 15 is 0 Å². The van der Waals surface area contributed by atoms with Crippen molar-refractivity contribution in [3.8, 4) is 0 Å². The first-order chi connectivity index (χ1) is 6.64. The summed E-state index contributed by atoms with van der Waals surface area (Å²) in [5.74, 6) is 0.393. The van der Waals surface area contributed by atoms with Gasteiger partial charge in [-0.2, -0.15) is 0 Å². The Morgan fingerprint density at radius 3 is 2.50 bits per heavy atom. The molecule has 14 heavy (non-hydrogen) atoms. The van der Waals surface area contributed by atoms with Gasteiger partial charge in [-0.3, -0.25) is 0 Å². The minimum absolute atomic E-state index is 0.182. The normalized spacial score (nSPS) is 32.1. The largest absolute Gasteiger partial charge is 0.366 e. The molecule has 1 fully saturated rings. The van der Waals surface area contributed by atoms with Crippen LogP contribution in [0.3, 0.4) is 0 Å². The van der Waals surface area contributed by atoms with Crippen LogP contribution in [0.5, 0.6) is 0 Å². The van der Waals surface area contributed by atoms with E-state index < -0.39 is 0 Å². The minimum Gasteiger partial charge on any atom is -0.366 e. The summed E-state index contributed by atoms with van der Waals surface area (Å²) in [6, 6.07) is 10.4. The quantitative estimate of drug-likeness (QED) is 0.615. The molecule has 1 heteroatoms. The summed E-state index contributed by atoms with van der Waals surface area (Å²) in [6.07, 6.45) is 0. The van der Waals surface area contributed by atoms with Crippen LogP contribution in [-0.2, 0) is 10.3 Å². The Labute approximate surface area is 85.4 Å². The van der Waals surface area contributed by atoms with Gasteiger partial charge in [-0.15, -0.1) is 0 Å². The van der Waals surface area contributed by atoms with E-state index in [-0.39, 0.29) is 5.60 Å². The lowest BCUT2D eigenvalue weighted by atomic mass is 9.82. The standard InChI is InChI=1S/C13H16O/c1-10-9-14-13(3,11(10)2)12-7-5-4-6-8-12/h4-8,11H,1,9H2,2-3H3. The maximum Gasteiger partial charge on any atom is 0.0970 e. The Bertz CT molecular complexity index is 342. The number of rotatable bonds is 1. The van der Waals surface area contributed by atoms with Crippen molar-refractivity contribution in [2.24, 2.45) is 5.92 Å². The minimum atomic E-state index is -0.182. The van der Waals surface area contributed by atoms with Crippen molar-refractivity contribution in [2.75, 3.05) is 6.61 Å². The van der Waals surface area contributed by atoms with Crippen LogP contribution in [0.1, 0.15) is 19.4 Å². The summed E-state index contributed by atoms with van der Waals surface area (Å²) < 4.78 is 5.85. The zero-order valence-electron chi connectivity index (χ0n) is 8.79. The van der Waals surface area contributed by atoms with E-state index in [1.807, 2.05) is 6.07 Å². The highest BCUT2D eigenvalue weighted by Gasteiger charge is 2.40. The average molecular weight is 188 g/mol. The Morgan fingerprint density at radius 2 is 2.00 bits per heavy atom. The molecule has 0 aliphatic carbocycles. The van der Waals surface area contributed by atoms with Gasteiger partial charge in [0.15, 0.2) is 0 Å². The third kappa shape index (κ3) is 1.28. The van der Waals surface area contributed by atoms with Crippen molar-refractivity contribution in [1.29, 1.82) is 0 Å². The summed E-state index contributed by atoms with van der Waals surface area (Å²) >= 11 is 0. The summed E-state index contributed by atoms with van der Waals surface area (Å²) in [4.78, 5) is 0. The molecule has 74 valence electrons. The van der Waals surface area contributed by atoms with Crippen molar-refractivity contribution >= 4 is 0 Å². The molecule has 2 atom stereocenters. The second-order valence-electron chi connectivity index (χ2n) is 4.14. The van der Waals surface area contributed by atoms with Crippen LogP contribution in [0.4, 0.5) is 0 Å². The molecular weight excluding hydrogens is 172 g/mol. The smallest absolute Gasteiger partial charge is 0.0970 e. The van der Waals surface area contributed by atoms with E-state index in [0.717, 1.165) is 0 Å². The summed E-state index contributed by atoms with van der Waals surface area (Å²) in [7, 11) is 0. The van der Waals surface area contributed by atoms with E-state index in [1.165, 1.54) is 11.1 Å². The Hall–Kier alpha value is -1.08. The highest BCUT2D eigenvalue weighted by atomic mass is 16.5. The van der Waals surface area contributed by atoms with Crippen molar-refractivity contribution in [2.45, 2.75) is 19.4 Å². The molecule has 1 saturated heterocycles. The van der Waals surface area contributed by atoms with Gasteiger partial charge in [0.25, 0.3) is 0 Å². The second-order valence-corrected chi connectivity index (χ2v) is 4.14. The molecular formula is C13H16O. The van der Waals surface area contributed by atoms with E-state index in [9.17, 15) is 0 Å². The number of hydrogen-bond donors (Lipinski definition) is 0. The predicted octanol–water partition coefficient (Wildman–Crippen LogP) is 3.12. The predicted molar refractivity (Wildman–Crippen MR) is 58.1 cm³/mol.